The van der Waals surface area contributed by atoms with Crippen LogP contribution in [0.4, 0.5) is 0 Å². The largest absolute Gasteiger partial charge is 0.347 e. The number of hydrogen-bond donors (Lipinski definition) is 1. The third-order valence-electron chi connectivity index (χ3n) is 5.57. The van der Waals surface area contributed by atoms with Gasteiger partial charge in [0.1, 0.15) is 5.69 Å². The van der Waals surface area contributed by atoms with Gasteiger partial charge >= 0.3 is 0 Å². The van der Waals surface area contributed by atoms with Crippen LogP contribution in [0.1, 0.15) is 45.2 Å². The number of imidazole rings is 1. The quantitative estimate of drug-likeness (QED) is 0.767. The second-order valence-electron chi connectivity index (χ2n) is 7.44. The summed E-state index contributed by atoms with van der Waals surface area (Å²) in [4.78, 5) is 44.7. The van der Waals surface area contributed by atoms with E-state index in [0.717, 1.165) is 36.9 Å². The number of fused-ring (bicyclic) bond motifs is 1. The molecule has 2 aliphatic rings. The molecule has 8 heteroatoms. The molecule has 2 aliphatic heterocycles. The molecule has 0 bridgehead atoms. The number of aromatic nitrogens is 2. The van der Waals surface area contributed by atoms with Crippen LogP contribution >= 0.6 is 0 Å². The van der Waals surface area contributed by atoms with E-state index in [0.29, 0.717) is 50.8 Å². The lowest BCUT2D eigenvalue weighted by atomic mass is 10.1. The van der Waals surface area contributed by atoms with Crippen LogP contribution in [0, 0.1) is 0 Å². The van der Waals surface area contributed by atoms with Crippen molar-refractivity contribution < 1.29 is 14.4 Å². The average molecular weight is 395 g/mol. The highest BCUT2D eigenvalue weighted by Gasteiger charge is 2.31. The monoisotopic (exact) mass is 395 g/mol. The Morgan fingerprint density at radius 2 is 1.79 bits per heavy atom. The Bertz CT molecular complexity index is 901. The molecule has 1 N–H and O–H groups in total. The van der Waals surface area contributed by atoms with Gasteiger partial charge < -0.3 is 19.7 Å². The van der Waals surface area contributed by atoms with Crippen molar-refractivity contribution in [2.24, 2.45) is 0 Å². The summed E-state index contributed by atoms with van der Waals surface area (Å²) in [7, 11) is 0. The highest BCUT2D eigenvalue weighted by atomic mass is 16.2. The first kappa shape index (κ1) is 19.2. The van der Waals surface area contributed by atoms with Crippen LogP contribution in [-0.4, -0.2) is 63.8 Å². The second-order valence-corrected chi connectivity index (χ2v) is 7.44. The number of benzene rings is 1. The van der Waals surface area contributed by atoms with Crippen molar-refractivity contribution in [1.82, 2.24) is 24.7 Å². The lowest BCUT2D eigenvalue weighted by molar-refractivity contribution is -0.119. The van der Waals surface area contributed by atoms with E-state index in [1.54, 1.807) is 9.80 Å². The zero-order chi connectivity index (χ0) is 20.2. The SMILES string of the molecule is O=CN1CCN(C(=O)c2nc(C(=O)NCc3ccccc3)c3n2CCCC3)CC1. The van der Waals surface area contributed by atoms with Gasteiger partial charge in [0, 0.05) is 39.3 Å². The maximum absolute atomic E-state index is 13.1. The Hall–Kier alpha value is -3.16. The molecule has 8 nitrogen and oxygen atoms in total. The van der Waals surface area contributed by atoms with Crippen LogP contribution in [0.15, 0.2) is 30.3 Å². The van der Waals surface area contributed by atoms with E-state index in [-0.39, 0.29) is 11.8 Å². The molecular formula is C21H25N5O3. The molecule has 0 saturated carbocycles. The molecule has 0 unspecified atom stereocenters. The first-order chi connectivity index (χ1) is 14.2. The zero-order valence-electron chi connectivity index (χ0n) is 16.3. The molecule has 3 amide bonds. The maximum atomic E-state index is 13.1. The van der Waals surface area contributed by atoms with E-state index in [1.807, 2.05) is 34.9 Å². The number of nitrogens with one attached hydrogen (secondary N) is 1. The molecule has 1 fully saturated rings. The molecule has 1 aromatic carbocycles. The van der Waals surface area contributed by atoms with E-state index in [2.05, 4.69) is 10.3 Å². The van der Waals surface area contributed by atoms with Gasteiger partial charge in [0.25, 0.3) is 11.8 Å². The molecule has 0 atom stereocenters. The van der Waals surface area contributed by atoms with Crippen LogP contribution in [0.5, 0.6) is 0 Å². The lowest BCUT2D eigenvalue weighted by Gasteiger charge is -2.32. The summed E-state index contributed by atoms with van der Waals surface area (Å²) in [5.41, 5.74) is 2.21. The molecular weight excluding hydrogens is 370 g/mol. The summed E-state index contributed by atoms with van der Waals surface area (Å²) >= 11 is 0. The molecule has 1 aromatic heterocycles. The summed E-state index contributed by atoms with van der Waals surface area (Å²) in [5.74, 6) is -0.0748. The van der Waals surface area contributed by atoms with Gasteiger partial charge in [-0.15, -0.1) is 0 Å². The summed E-state index contributed by atoms with van der Waals surface area (Å²) in [5, 5.41) is 2.93. The number of amides is 3. The third kappa shape index (κ3) is 4.01. The van der Waals surface area contributed by atoms with E-state index in [1.165, 1.54) is 0 Å². The third-order valence-corrected chi connectivity index (χ3v) is 5.57. The van der Waals surface area contributed by atoms with Crippen molar-refractivity contribution >= 4 is 18.2 Å². The normalized spacial score (nSPS) is 16.3. The van der Waals surface area contributed by atoms with Gasteiger partial charge in [0.2, 0.25) is 6.41 Å². The first-order valence-electron chi connectivity index (χ1n) is 10.1. The summed E-state index contributed by atoms with van der Waals surface area (Å²) in [6.45, 7) is 3.12. The van der Waals surface area contributed by atoms with E-state index in [4.69, 9.17) is 0 Å². The Kier molecular flexibility index (Phi) is 5.59. The highest BCUT2D eigenvalue weighted by Crippen LogP contribution is 2.22. The van der Waals surface area contributed by atoms with E-state index >= 15 is 0 Å². The van der Waals surface area contributed by atoms with E-state index in [9.17, 15) is 14.4 Å². The van der Waals surface area contributed by atoms with Gasteiger partial charge in [0.15, 0.2) is 5.82 Å². The van der Waals surface area contributed by atoms with Crippen molar-refractivity contribution in [3.05, 3.63) is 53.1 Å². The molecule has 0 radical (unpaired) electrons. The fraction of sp³-hybridized carbons (Fsp3) is 0.429. The average Bonchev–Trinajstić information content (AvgIpc) is 3.17. The smallest absolute Gasteiger partial charge is 0.290 e. The predicted octanol–water partition coefficient (Wildman–Crippen LogP) is 1.06. The lowest BCUT2D eigenvalue weighted by Crippen LogP contribution is -2.48. The molecule has 0 spiro atoms. The highest BCUT2D eigenvalue weighted by molar-refractivity contribution is 5.97. The van der Waals surface area contributed by atoms with Crippen LogP contribution in [-0.2, 0) is 24.3 Å². The molecule has 1 saturated heterocycles. The van der Waals surface area contributed by atoms with Gasteiger partial charge in [-0.25, -0.2) is 4.98 Å². The van der Waals surface area contributed by atoms with Crippen LogP contribution in [0.3, 0.4) is 0 Å². The number of hydrogen-bond acceptors (Lipinski definition) is 4. The Balaban J connectivity index is 1.53. The Morgan fingerprint density at radius 3 is 2.52 bits per heavy atom. The zero-order valence-corrected chi connectivity index (χ0v) is 16.3. The van der Waals surface area contributed by atoms with Crippen molar-refractivity contribution in [2.45, 2.75) is 32.4 Å². The van der Waals surface area contributed by atoms with Gasteiger partial charge in [-0.05, 0) is 24.8 Å². The molecule has 2 aromatic rings. The number of nitrogens with zero attached hydrogens (tertiary/aromatic N) is 4. The van der Waals surface area contributed by atoms with Crippen LogP contribution in [0.25, 0.3) is 0 Å². The summed E-state index contributed by atoms with van der Waals surface area (Å²) in [6.07, 6.45) is 3.51. The van der Waals surface area contributed by atoms with E-state index < -0.39 is 0 Å². The maximum Gasteiger partial charge on any atom is 0.290 e. The van der Waals surface area contributed by atoms with Gasteiger partial charge in [-0.2, -0.15) is 0 Å². The minimum Gasteiger partial charge on any atom is -0.347 e. The number of carbonyl (C=O) groups excluding carboxylic acids is 3. The Morgan fingerprint density at radius 1 is 1.03 bits per heavy atom. The molecule has 152 valence electrons. The van der Waals surface area contributed by atoms with Crippen molar-refractivity contribution in [1.29, 1.82) is 0 Å². The topological polar surface area (TPSA) is 87.5 Å². The fourth-order valence-electron chi connectivity index (χ4n) is 3.92. The van der Waals surface area contributed by atoms with Gasteiger partial charge in [-0.1, -0.05) is 30.3 Å². The molecule has 29 heavy (non-hydrogen) atoms. The van der Waals surface area contributed by atoms with Crippen molar-refractivity contribution in [3.63, 3.8) is 0 Å². The number of carbonyl (C=O) groups is 3. The van der Waals surface area contributed by atoms with Crippen LogP contribution < -0.4 is 5.32 Å². The van der Waals surface area contributed by atoms with Crippen LogP contribution in [0.2, 0.25) is 0 Å². The second kappa shape index (κ2) is 8.46. The number of rotatable bonds is 5. The summed E-state index contributed by atoms with van der Waals surface area (Å²) < 4.78 is 1.91. The minimum absolute atomic E-state index is 0.166. The first-order valence-corrected chi connectivity index (χ1v) is 10.1. The Labute approximate surface area is 169 Å². The van der Waals surface area contributed by atoms with Crippen molar-refractivity contribution in [2.75, 3.05) is 26.2 Å². The fourth-order valence-corrected chi connectivity index (χ4v) is 3.92. The molecule has 0 aliphatic carbocycles. The number of piperazine rings is 1. The molecule has 3 heterocycles. The minimum atomic E-state index is -0.246. The van der Waals surface area contributed by atoms with Gasteiger partial charge in [-0.3, -0.25) is 14.4 Å². The summed E-state index contributed by atoms with van der Waals surface area (Å²) in [6, 6.07) is 9.71. The van der Waals surface area contributed by atoms with Crippen molar-refractivity contribution in [3.8, 4) is 0 Å². The van der Waals surface area contributed by atoms with Gasteiger partial charge in [0.05, 0.1) is 5.69 Å². The predicted molar refractivity (Wildman–Crippen MR) is 106 cm³/mol. The standard InChI is InChI=1S/C21H25N5O3/c27-15-24-10-12-25(13-11-24)21(29)19-23-18(17-8-4-5-9-26(17)19)20(28)22-14-16-6-2-1-3-7-16/h1-3,6-7,15H,4-5,8-14H2,(H,22,28). The molecule has 4 rings (SSSR count).